The molecule has 0 aromatic carbocycles. The number of carbonyl (C=O) groups excluding carboxylic acids is 1. The highest BCUT2D eigenvalue weighted by Crippen LogP contribution is 2.39. The monoisotopic (exact) mass is 181 g/mol. The minimum Gasteiger partial charge on any atom is -0.337 e. The van der Waals surface area contributed by atoms with E-state index in [0.717, 1.165) is 32.5 Å². The maximum atomic E-state index is 11.2. The SMILES string of the molecule is [CH2]C(=O)N1CCC12CCN(C)CC2. The fourth-order valence-electron chi connectivity index (χ4n) is 2.48. The van der Waals surface area contributed by atoms with Crippen LogP contribution in [0.3, 0.4) is 0 Å². The molecule has 0 unspecified atom stereocenters. The van der Waals surface area contributed by atoms with E-state index in [4.69, 9.17) is 0 Å². The van der Waals surface area contributed by atoms with Gasteiger partial charge in [0.05, 0.1) is 0 Å². The van der Waals surface area contributed by atoms with E-state index in [-0.39, 0.29) is 11.4 Å². The first kappa shape index (κ1) is 9.00. The molecule has 3 nitrogen and oxygen atoms in total. The lowest BCUT2D eigenvalue weighted by Gasteiger charge is -2.56. The van der Waals surface area contributed by atoms with E-state index >= 15 is 0 Å². The van der Waals surface area contributed by atoms with Gasteiger partial charge in [-0.1, -0.05) is 0 Å². The molecule has 1 spiro atoms. The van der Waals surface area contributed by atoms with Gasteiger partial charge in [-0.25, -0.2) is 0 Å². The normalized spacial score (nSPS) is 27.4. The third-order valence-corrected chi connectivity index (χ3v) is 3.59. The van der Waals surface area contributed by atoms with Crippen LogP contribution in [-0.2, 0) is 4.79 Å². The Hall–Kier alpha value is -0.570. The zero-order valence-electron chi connectivity index (χ0n) is 8.25. The molecule has 1 radical (unpaired) electrons. The van der Waals surface area contributed by atoms with Crippen molar-refractivity contribution in [3.63, 3.8) is 0 Å². The van der Waals surface area contributed by atoms with Crippen LogP contribution in [0.25, 0.3) is 0 Å². The van der Waals surface area contributed by atoms with Gasteiger partial charge in [0.25, 0.3) is 0 Å². The van der Waals surface area contributed by atoms with Crippen LogP contribution in [-0.4, -0.2) is 47.9 Å². The van der Waals surface area contributed by atoms with Crippen LogP contribution >= 0.6 is 0 Å². The topological polar surface area (TPSA) is 23.6 Å². The summed E-state index contributed by atoms with van der Waals surface area (Å²) in [5.74, 6) is 0.0100. The maximum Gasteiger partial charge on any atom is 0.223 e. The molecule has 0 saturated carbocycles. The van der Waals surface area contributed by atoms with E-state index in [0.29, 0.717) is 0 Å². The number of likely N-dealkylation sites (tertiary alicyclic amines) is 2. The first-order valence-corrected chi connectivity index (χ1v) is 4.96. The Labute approximate surface area is 79.7 Å². The minimum absolute atomic E-state index is 0.0100. The van der Waals surface area contributed by atoms with Crippen molar-refractivity contribution in [3.05, 3.63) is 6.92 Å². The Kier molecular flexibility index (Phi) is 2.06. The second-order valence-corrected chi connectivity index (χ2v) is 4.32. The van der Waals surface area contributed by atoms with Crippen LogP contribution in [0, 0.1) is 6.92 Å². The number of carbonyl (C=O) groups is 1. The van der Waals surface area contributed by atoms with E-state index in [1.54, 1.807) is 0 Å². The molecule has 2 heterocycles. The van der Waals surface area contributed by atoms with Crippen molar-refractivity contribution in [2.75, 3.05) is 26.7 Å². The van der Waals surface area contributed by atoms with Gasteiger partial charge in [-0.3, -0.25) is 4.79 Å². The van der Waals surface area contributed by atoms with Crippen molar-refractivity contribution >= 4 is 5.91 Å². The van der Waals surface area contributed by atoms with Crippen molar-refractivity contribution in [3.8, 4) is 0 Å². The minimum atomic E-state index is 0.0100. The molecule has 3 heteroatoms. The van der Waals surface area contributed by atoms with E-state index in [1.807, 2.05) is 4.90 Å². The average molecular weight is 181 g/mol. The Morgan fingerprint density at radius 1 is 1.23 bits per heavy atom. The first-order valence-electron chi connectivity index (χ1n) is 4.96. The Morgan fingerprint density at radius 3 is 2.15 bits per heavy atom. The predicted octanol–water partition coefficient (Wildman–Crippen LogP) is 0.517. The summed E-state index contributed by atoms with van der Waals surface area (Å²) in [6.45, 7) is 6.65. The Bertz CT molecular complexity index is 219. The third-order valence-electron chi connectivity index (χ3n) is 3.59. The summed E-state index contributed by atoms with van der Waals surface area (Å²) in [4.78, 5) is 15.5. The molecule has 2 aliphatic rings. The van der Waals surface area contributed by atoms with Gasteiger partial charge in [0.2, 0.25) is 5.91 Å². The predicted molar refractivity (Wildman–Crippen MR) is 51.1 cm³/mol. The van der Waals surface area contributed by atoms with Crippen molar-refractivity contribution in [1.82, 2.24) is 9.80 Å². The molecule has 1 amide bonds. The molecule has 2 aliphatic heterocycles. The van der Waals surface area contributed by atoms with Crippen molar-refractivity contribution in [2.45, 2.75) is 24.8 Å². The third kappa shape index (κ3) is 1.35. The molecule has 0 aliphatic carbocycles. The van der Waals surface area contributed by atoms with E-state index in [2.05, 4.69) is 18.9 Å². The summed E-state index contributed by atoms with van der Waals surface area (Å²) in [7, 11) is 2.14. The van der Waals surface area contributed by atoms with Crippen LogP contribution in [0.2, 0.25) is 0 Å². The standard InChI is InChI=1S/C10H17N2O/c1-9(13)12-8-5-10(12)3-6-11(2)7-4-10/h1,3-8H2,2H3. The fraction of sp³-hybridized carbons (Fsp3) is 0.800. The second kappa shape index (κ2) is 2.98. The summed E-state index contributed by atoms with van der Waals surface area (Å²) >= 11 is 0. The molecule has 2 saturated heterocycles. The van der Waals surface area contributed by atoms with Gasteiger partial charge in [0, 0.05) is 32.1 Å². The van der Waals surface area contributed by atoms with E-state index < -0.39 is 0 Å². The number of amides is 1. The Morgan fingerprint density at radius 2 is 1.77 bits per heavy atom. The number of nitrogens with zero attached hydrogens (tertiary/aromatic N) is 2. The molecule has 0 N–H and O–H groups in total. The van der Waals surface area contributed by atoms with Crippen LogP contribution in [0.1, 0.15) is 19.3 Å². The molecule has 0 aromatic rings. The smallest absolute Gasteiger partial charge is 0.223 e. The highest BCUT2D eigenvalue weighted by molar-refractivity contribution is 5.82. The molecule has 2 fully saturated rings. The molecular formula is C10H17N2O. The molecule has 0 bridgehead atoms. The van der Waals surface area contributed by atoms with Gasteiger partial charge in [-0.05, 0) is 26.3 Å². The molecule has 0 aromatic heterocycles. The highest BCUT2D eigenvalue weighted by atomic mass is 16.2. The summed E-state index contributed by atoms with van der Waals surface area (Å²) in [5, 5.41) is 0. The average Bonchev–Trinajstić information content (AvgIpc) is 2.03. The quantitative estimate of drug-likeness (QED) is 0.544. The summed E-state index contributed by atoms with van der Waals surface area (Å²) in [6.07, 6.45) is 3.44. The summed E-state index contributed by atoms with van der Waals surface area (Å²) in [6, 6.07) is 0. The Balaban J connectivity index is 2.02. The van der Waals surface area contributed by atoms with Crippen LogP contribution in [0.15, 0.2) is 0 Å². The molecular weight excluding hydrogens is 164 g/mol. The van der Waals surface area contributed by atoms with E-state index in [1.165, 1.54) is 6.42 Å². The number of rotatable bonds is 0. The highest BCUT2D eigenvalue weighted by Gasteiger charge is 2.47. The fourth-order valence-corrected chi connectivity index (χ4v) is 2.48. The molecule has 0 atom stereocenters. The lowest BCUT2D eigenvalue weighted by Crippen LogP contribution is -2.65. The van der Waals surface area contributed by atoms with Crippen LogP contribution < -0.4 is 0 Å². The van der Waals surface area contributed by atoms with Crippen LogP contribution in [0.4, 0.5) is 0 Å². The van der Waals surface area contributed by atoms with E-state index in [9.17, 15) is 4.79 Å². The van der Waals surface area contributed by atoms with Crippen molar-refractivity contribution in [2.24, 2.45) is 0 Å². The van der Waals surface area contributed by atoms with Gasteiger partial charge in [0.1, 0.15) is 0 Å². The number of hydrogen-bond acceptors (Lipinski definition) is 2. The lowest BCUT2D eigenvalue weighted by molar-refractivity contribution is -0.146. The maximum absolute atomic E-state index is 11.2. The summed E-state index contributed by atoms with van der Waals surface area (Å²) in [5.41, 5.74) is 0.200. The summed E-state index contributed by atoms with van der Waals surface area (Å²) < 4.78 is 0. The first-order chi connectivity index (χ1) is 6.14. The van der Waals surface area contributed by atoms with Gasteiger partial charge in [-0.15, -0.1) is 0 Å². The lowest BCUT2D eigenvalue weighted by atomic mass is 9.76. The van der Waals surface area contributed by atoms with Crippen molar-refractivity contribution in [1.29, 1.82) is 0 Å². The second-order valence-electron chi connectivity index (χ2n) is 4.32. The zero-order valence-corrected chi connectivity index (χ0v) is 8.25. The number of hydrogen-bond donors (Lipinski definition) is 0. The van der Waals surface area contributed by atoms with Gasteiger partial charge >= 0.3 is 0 Å². The van der Waals surface area contributed by atoms with Gasteiger partial charge in [0.15, 0.2) is 0 Å². The largest absolute Gasteiger partial charge is 0.337 e. The zero-order chi connectivity index (χ0) is 9.47. The number of piperidine rings is 1. The van der Waals surface area contributed by atoms with Gasteiger partial charge in [-0.2, -0.15) is 0 Å². The van der Waals surface area contributed by atoms with Crippen LogP contribution in [0.5, 0.6) is 0 Å². The molecule has 2 rings (SSSR count). The molecule has 13 heavy (non-hydrogen) atoms. The molecule has 73 valence electrons. The van der Waals surface area contributed by atoms with Crippen molar-refractivity contribution < 1.29 is 4.79 Å². The van der Waals surface area contributed by atoms with Gasteiger partial charge < -0.3 is 9.80 Å².